The summed E-state index contributed by atoms with van der Waals surface area (Å²) >= 11 is 0. The van der Waals surface area contributed by atoms with Gasteiger partial charge < -0.3 is 58.3 Å². The molecule has 12 nitrogen and oxygen atoms in total. The topological polar surface area (TPSA) is 155 Å². The third-order valence-corrected chi connectivity index (χ3v) is 27.2. The van der Waals surface area contributed by atoms with Gasteiger partial charge >= 0.3 is 0 Å². The molecule has 15 aromatic carbocycles. The normalized spacial score (nSPS) is 16.5. The third kappa shape index (κ3) is 17.0. The molecular weight excluding hydrogens is 1610 g/mol. The van der Waals surface area contributed by atoms with Gasteiger partial charge in [-0.3, -0.25) is 0 Å². The van der Waals surface area contributed by atoms with Gasteiger partial charge in [0.15, 0.2) is 0 Å². The second-order valence-corrected chi connectivity index (χ2v) is 35.8. The molecule has 15 aromatic rings. The van der Waals surface area contributed by atoms with Gasteiger partial charge in [-0.25, -0.2) is 0 Å². The zero-order valence-corrected chi connectivity index (χ0v) is 76.2. The quantitative estimate of drug-likeness (QED) is 0.0430. The number of allylic oxidation sites excluding steroid dienone is 5. The molecule has 0 bridgehead atoms. The summed E-state index contributed by atoms with van der Waals surface area (Å²) in [4.78, 5) is 0. The Balaban J connectivity index is 0.000000124. The molecule has 0 heterocycles. The molecule has 0 aromatic heterocycles. The highest BCUT2D eigenvalue weighted by molar-refractivity contribution is 6.10. The number of ether oxygens (including phenoxy) is 8. The lowest BCUT2D eigenvalue weighted by Gasteiger charge is -2.37. The molecule has 0 fully saturated rings. The first-order valence-electron chi connectivity index (χ1n) is 45.2. The van der Waals surface area contributed by atoms with Crippen LogP contribution in [0, 0.1) is 5.92 Å². The minimum atomic E-state index is -0.883. The first kappa shape index (κ1) is 88.6. The van der Waals surface area contributed by atoms with Crippen LogP contribution in [0.2, 0.25) is 0 Å². The minimum Gasteiger partial charge on any atom is -0.500 e. The van der Waals surface area contributed by atoms with Crippen LogP contribution in [0.3, 0.4) is 0 Å². The second kappa shape index (κ2) is 37.0. The predicted molar refractivity (Wildman–Crippen MR) is 529 cm³/mol. The van der Waals surface area contributed by atoms with Gasteiger partial charge in [-0.1, -0.05) is 283 Å². The van der Waals surface area contributed by atoms with Crippen LogP contribution in [0.15, 0.2) is 339 Å². The molecule has 0 saturated carbocycles. The van der Waals surface area contributed by atoms with E-state index in [-0.39, 0.29) is 31.7 Å². The summed E-state index contributed by atoms with van der Waals surface area (Å²) in [5.41, 5.74) is 17.6. The summed E-state index contributed by atoms with van der Waals surface area (Å²) in [6, 6.07) is 107. The van der Waals surface area contributed by atoms with Crippen LogP contribution in [0.1, 0.15) is 148 Å². The number of aliphatic hydroxyl groups is 4. The lowest BCUT2D eigenvalue weighted by molar-refractivity contribution is 0.00816. The van der Waals surface area contributed by atoms with Crippen LogP contribution in [0.25, 0.3) is 88.6 Å². The summed E-state index contributed by atoms with van der Waals surface area (Å²) in [6.45, 7) is 16.1. The number of fused-ring (bicyclic) bond motifs is 10. The van der Waals surface area contributed by atoms with Gasteiger partial charge in [-0.05, 0) is 265 Å². The van der Waals surface area contributed by atoms with Gasteiger partial charge in [-0.2, -0.15) is 0 Å². The van der Waals surface area contributed by atoms with Crippen LogP contribution in [-0.4, -0.2) is 97.7 Å². The number of hydrogen-bond donors (Lipinski definition) is 4. The highest BCUT2D eigenvalue weighted by Gasteiger charge is 2.48. The molecule has 0 aliphatic heterocycles. The monoisotopic (exact) mass is 1720 g/mol. The van der Waals surface area contributed by atoms with Crippen LogP contribution in [0.4, 0.5) is 0 Å². The third-order valence-electron chi connectivity index (χ3n) is 27.2. The molecule has 6 atom stereocenters. The van der Waals surface area contributed by atoms with Crippen molar-refractivity contribution in [3.8, 4) is 73.6 Å². The molecule has 0 radical (unpaired) electrons. The van der Waals surface area contributed by atoms with Crippen molar-refractivity contribution in [1.82, 2.24) is 0 Å². The lowest BCUT2D eigenvalue weighted by Crippen LogP contribution is -2.31. The summed E-state index contributed by atoms with van der Waals surface area (Å²) < 4.78 is 46.4. The Morgan fingerprint density at radius 3 is 1.17 bits per heavy atom. The van der Waals surface area contributed by atoms with Gasteiger partial charge in [0.25, 0.3) is 0 Å². The fraction of sp³-hybridized carbons (Fsp3) is 0.237. The predicted octanol–water partition coefficient (Wildman–Crippen LogP) is 26.2. The molecule has 12 heteroatoms. The van der Waals surface area contributed by atoms with E-state index in [2.05, 4.69) is 261 Å². The van der Waals surface area contributed by atoms with E-state index in [4.69, 9.17) is 37.9 Å². The average molecular weight is 1720 g/mol. The van der Waals surface area contributed by atoms with Gasteiger partial charge in [0.1, 0.15) is 72.4 Å². The van der Waals surface area contributed by atoms with Crippen molar-refractivity contribution in [3.05, 3.63) is 400 Å². The van der Waals surface area contributed by atoms with Crippen molar-refractivity contribution in [2.24, 2.45) is 5.92 Å². The Morgan fingerprint density at radius 2 is 0.685 bits per heavy atom. The maximum Gasteiger partial charge on any atom is 0.128 e. The molecular formula is C118H114O12. The highest BCUT2D eigenvalue weighted by Crippen LogP contribution is 2.60. The van der Waals surface area contributed by atoms with Crippen molar-refractivity contribution >= 4 is 55.2 Å². The van der Waals surface area contributed by atoms with E-state index in [1.54, 1.807) is 49.2 Å². The fourth-order valence-electron chi connectivity index (χ4n) is 19.0. The Labute approximate surface area is 763 Å². The van der Waals surface area contributed by atoms with Crippen LogP contribution in [-0.2, 0) is 15.6 Å². The van der Waals surface area contributed by atoms with Crippen molar-refractivity contribution in [3.63, 3.8) is 0 Å². The van der Waals surface area contributed by atoms with Crippen LogP contribution in [0.5, 0.6) is 40.2 Å². The Kier molecular flexibility index (Phi) is 25.2. The zero-order valence-electron chi connectivity index (χ0n) is 76.2. The van der Waals surface area contributed by atoms with Gasteiger partial charge in [0.05, 0.1) is 61.7 Å². The van der Waals surface area contributed by atoms with E-state index in [0.29, 0.717) is 32.3 Å². The standard InChI is InChI=1S/C39H34O3.C31H30O3.C26H26O3.C22H24O3/c1-4-38(2,40)25-42-33-20-16-27-22-31(18-14-29(27)24-33)39(30-17-13-28-23-32(41-3)19-15-26(28)21-30)36-11-7-5-9-34(36)35-10-6-8-12-37(35)39;1-4-30(2,32)21-34-25-19-15-23(16-20-25)31(22-13-17-24(33-3)18-14-22)28-11-7-5-9-26(28)27-10-6-8-12-29(27)31;1-4-26(2,27)17-29-23-16-14-19-10-6-8-12-21(19)25(23)24-20-11-7-5-9-18(20)13-15-22(24)28-3;1-4-22(2,23)13-25-19-12-8-15-5-9-16-18(24-3)11-7-14-6-10-17(19)21(15)20(14)16/h5-24,40H,4,25H2,1-3H3;5-20,32H,4,21H2,1-3H3;5-16,27H,4,17H2,1-3H3;5-12,16,20,23H,4,13H2,1-3H3. The van der Waals surface area contributed by atoms with Crippen LogP contribution < -0.4 is 33.2 Å². The maximum absolute atomic E-state index is 10.5. The Bertz CT molecular complexity index is 6730. The number of benzene rings is 15. The van der Waals surface area contributed by atoms with E-state index in [1.165, 1.54) is 88.8 Å². The number of rotatable bonds is 25. The van der Waals surface area contributed by atoms with E-state index in [0.717, 1.165) is 100 Å². The van der Waals surface area contributed by atoms with Gasteiger partial charge in [-0.15, -0.1) is 0 Å². The first-order valence-corrected chi connectivity index (χ1v) is 45.2. The van der Waals surface area contributed by atoms with Crippen molar-refractivity contribution < 1.29 is 58.3 Å². The maximum atomic E-state index is 10.5. The smallest absolute Gasteiger partial charge is 0.128 e. The summed E-state index contributed by atoms with van der Waals surface area (Å²) in [7, 11) is 6.83. The Hall–Kier alpha value is -13.5. The molecule has 20 rings (SSSR count). The molecule has 0 amide bonds. The van der Waals surface area contributed by atoms with Crippen molar-refractivity contribution in [2.75, 3.05) is 54.9 Å². The average Bonchev–Trinajstić information content (AvgIpc) is 1.53. The molecule has 6 unspecified atom stereocenters. The lowest BCUT2D eigenvalue weighted by atomic mass is 9.67. The summed E-state index contributed by atoms with van der Waals surface area (Å²) in [6.07, 6.45) is 15.5. The molecule has 4 N–H and O–H groups in total. The molecule has 0 spiro atoms. The van der Waals surface area contributed by atoms with Gasteiger partial charge in [0, 0.05) is 28.5 Å². The summed E-state index contributed by atoms with van der Waals surface area (Å²) in [5.74, 6) is 7.09. The molecule has 130 heavy (non-hydrogen) atoms. The number of methoxy groups -OCH3 is 4. The molecule has 5 aliphatic carbocycles. The minimum absolute atomic E-state index is 0.224. The first-order chi connectivity index (χ1) is 63.0. The zero-order chi connectivity index (χ0) is 90.7. The fourth-order valence-corrected chi connectivity index (χ4v) is 19.0. The van der Waals surface area contributed by atoms with E-state index >= 15 is 0 Å². The number of hydrogen-bond acceptors (Lipinski definition) is 12. The van der Waals surface area contributed by atoms with Crippen molar-refractivity contribution in [1.29, 1.82) is 0 Å². The molecule has 0 saturated heterocycles. The van der Waals surface area contributed by atoms with Crippen molar-refractivity contribution in [2.45, 2.75) is 120 Å². The second-order valence-electron chi connectivity index (χ2n) is 35.8. The van der Waals surface area contributed by atoms with Gasteiger partial charge in [0.2, 0.25) is 0 Å². The molecule has 658 valence electrons. The molecule has 5 aliphatic rings. The largest absolute Gasteiger partial charge is 0.500 e. The SMILES string of the molecule is CCC(C)(O)COc1ccc(C2(c3ccc(OC)cc3)c3ccccc3-c3ccccc32)cc1.CCC(C)(O)COc1ccc2c3c1C=CC1=CC=C(OC)C(C=C2)C13.CCC(C)(O)COc1ccc2cc(C3(c4ccc5cc(OC)ccc5c4)c4ccccc4-c4ccccc43)ccc2c1.CCC(C)(O)COc1ccc2ccccc2c1-c1c(OC)ccc2ccccc12. The highest BCUT2D eigenvalue weighted by atomic mass is 16.5. The van der Waals surface area contributed by atoms with Crippen LogP contribution >= 0.6 is 0 Å². The summed E-state index contributed by atoms with van der Waals surface area (Å²) in [5, 5.41) is 50.5. The Morgan fingerprint density at radius 1 is 0.308 bits per heavy atom. The van der Waals surface area contributed by atoms with E-state index in [1.807, 2.05) is 113 Å². The van der Waals surface area contributed by atoms with E-state index < -0.39 is 33.2 Å². The van der Waals surface area contributed by atoms with E-state index in [9.17, 15) is 20.4 Å².